The molecule has 0 aliphatic carbocycles. The zero-order valence-corrected chi connectivity index (χ0v) is 8.55. The number of aromatic amines is 2. The molecule has 15 heavy (non-hydrogen) atoms. The maximum absolute atomic E-state index is 6.18. The van der Waals surface area contributed by atoms with E-state index in [-0.39, 0.29) is 0 Å². The molecule has 0 fully saturated rings. The highest BCUT2D eigenvalue weighted by atomic mass is 35.5. The third kappa shape index (κ3) is 1.24. The summed E-state index contributed by atoms with van der Waals surface area (Å²) >= 11 is 6.18. The fourth-order valence-electron chi connectivity index (χ4n) is 1.75. The van der Waals surface area contributed by atoms with Gasteiger partial charge in [-0.1, -0.05) is 11.6 Å². The number of nitrogens with one attached hydrogen (secondary N) is 2. The van der Waals surface area contributed by atoms with Gasteiger partial charge in [0.15, 0.2) is 0 Å². The van der Waals surface area contributed by atoms with E-state index in [1.807, 2.05) is 24.4 Å². The minimum atomic E-state index is 0.706. The zero-order chi connectivity index (χ0) is 10.3. The number of nitrogens with zero attached hydrogens (tertiary/aromatic N) is 1. The Morgan fingerprint density at radius 3 is 2.80 bits per heavy atom. The molecule has 4 heteroatoms. The van der Waals surface area contributed by atoms with Gasteiger partial charge in [-0.15, -0.1) is 0 Å². The van der Waals surface area contributed by atoms with E-state index < -0.39 is 0 Å². The molecule has 0 spiro atoms. The number of fused-ring (bicyclic) bond motifs is 1. The number of H-pyrrole nitrogens is 2. The third-order valence-electron chi connectivity index (χ3n) is 2.42. The lowest BCUT2D eigenvalue weighted by Crippen LogP contribution is -1.83. The summed E-state index contributed by atoms with van der Waals surface area (Å²) in [5, 5.41) is 1.79. The lowest BCUT2D eigenvalue weighted by molar-refractivity contribution is 1.32. The Hall–Kier alpha value is -1.74. The van der Waals surface area contributed by atoms with Gasteiger partial charge in [0, 0.05) is 35.1 Å². The van der Waals surface area contributed by atoms with Gasteiger partial charge in [0.1, 0.15) is 5.82 Å². The molecular weight excluding hydrogens is 210 g/mol. The van der Waals surface area contributed by atoms with E-state index in [0.717, 1.165) is 22.3 Å². The molecular formula is C11H8ClN3. The van der Waals surface area contributed by atoms with Crippen molar-refractivity contribution < 1.29 is 0 Å². The fraction of sp³-hybridized carbons (Fsp3) is 0. The Labute approximate surface area is 91.1 Å². The number of halogens is 1. The normalized spacial score (nSPS) is 11.0. The molecule has 0 radical (unpaired) electrons. The van der Waals surface area contributed by atoms with Crippen molar-refractivity contribution in [2.75, 3.05) is 0 Å². The Balaban J connectivity index is 2.41. The Morgan fingerprint density at radius 1 is 1.07 bits per heavy atom. The maximum atomic E-state index is 6.18. The molecule has 0 saturated carbocycles. The summed E-state index contributed by atoms with van der Waals surface area (Å²) < 4.78 is 0. The number of rotatable bonds is 1. The van der Waals surface area contributed by atoms with Gasteiger partial charge in [-0.05, 0) is 18.2 Å². The predicted molar refractivity (Wildman–Crippen MR) is 60.9 cm³/mol. The summed E-state index contributed by atoms with van der Waals surface area (Å²) in [6.45, 7) is 0. The van der Waals surface area contributed by atoms with Crippen LogP contribution in [0.15, 0.2) is 36.8 Å². The van der Waals surface area contributed by atoms with E-state index >= 15 is 0 Å². The number of benzene rings is 1. The molecule has 2 heterocycles. The van der Waals surface area contributed by atoms with Crippen molar-refractivity contribution in [1.82, 2.24) is 15.0 Å². The Bertz CT molecular complexity index is 595. The molecule has 74 valence electrons. The first-order valence-corrected chi connectivity index (χ1v) is 4.99. The van der Waals surface area contributed by atoms with Crippen molar-refractivity contribution >= 4 is 22.5 Å². The first kappa shape index (κ1) is 8.56. The van der Waals surface area contributed by atoms with Crippen LogP contribution in [0.2, 0.25) is 5.02 Å². The SMILES string of the molecule is Clc1ccc2[nH]ccc2c1-c1ncc[nH]1. The standard InChI is InChI=1S/C11H8ClN3/c12-8-1-2-9-7(3-4-13-9)10(8)11-14-5-6-15-11/h1-6,13H,(H,14,15). The second-order valence-electron chi connectivity index (χ2n) is 3.30. The van der Waals surface area contributed by atoms with Crippen molar-refractivity contribution in [3.05, 3.63) is 41.8 Å². The Morgan fingerprint density at radius 2 is 2.00 bits per heavy atom. The van der Waals surface area contributed by atoms with Crippen LogP contribution in [0.3, 0.4) is 0 Å². The van der Waals surface area contributed by atoms with Crippen LogP contribution in [0, 0.1) is 0 Å². The number of hydrogen-bond donors (Lipinski definition) is 2. The molecule has 2 N–H and O–H groups in total. The van der Waals surface area contributed by atoms with E-state index in [9.17, 15) is 0 Å². The maximum Gasteiger partial charge on any atom is 0.139 e. The van der Waals surface area contributed by atoms with Crippen LogP contribution in [0.25, 0.3) is 22.3 Å². The summed E-state index contributed by atoms with van der Waals surface area (Å²) in [5.74, 6) is 0.796. The van der Waals surface area contributed by atoms with Crippen molar-refractivity contribution in [3.63, 3.8) is 0 Å². The van der Waals surface area contributed by atoms with Crippen molar-refractivity contribution in [1.29, 1.82) is 0 Å². The summed E-state index contributed by atoms with van der Waals surface area (Å²) in [6, 6.07) is 5.83. The van der Waals surface area contributed by atoms with E-state index in [1.54, 1.807) is 12.4 Å². The minimum absolute atomic E-state index is 0.706. The van der Waals surface area contributed by atoms with Crippen LogP contribution in [-0.2, 0) is 0 Å². The highest BCUT2D eigenvalue weighted by Gasteiger charge is 2.10. The number of hydrogen-bond acceptors (Lipinski definition) is 1. The molecule has 0 aliphatic heterocycles. The van der Waals surface area contributed by atoms with Crippen molar-refractivity contribution in [2.24, 2.45) is 0 Å². The molecule has 3 rings (SSSR count). The molecule has 3 nitrogen and oxygen atoms in total. The minimum Gasteiger partial charge on any atom is -0.361 e. The molecule has 0 amide bonds. The fourth-order valence-corrected chi connectivity index (χ4v) is 2.00. The smallest absolute Gasteiger partial charge is 0.139 e. The molecule has 2 aromatic heterocycles. The topological polar surface area (TPSA) is 44.5 Å². The van der Waals surface area contributed by atoms with Crippen LogP contribution < -0.4 is 0 Å². The summed E-state index contributed by atoms with van der Waals surface area (Å²) in [5.41, 5.74) is 2.01. The summed E-state index contributed by atoms with van der Waals surface area (Å²) in [6.07, 6.45) is 5.40. The second kappa shape index (κ2) is 3.14. The van der Waals surface area contributed by atoms with Crippen LogP contribution in [0.4, 0.5) is 0 Å². The van der Waals surface area contributed by atoms with E-state index in [2.05, 4.69) is 15.0 Å². The molecule has 1 aromatic carbocycles. The average Bonchev–Trinajstić information content (AvgIpc) is 2.85. The van der Waals surface area contributed by atoms with Gasteiger partial charge >= 0.3 is 0 Å². The number of imidazole rings is 1. The van der Waals surface area contributed by atoms with Crippen LogP contribution in [-0.4, -0.2) is 15.0 Å². The van der Waals surface area contributed by atoms with Gasteiger partial charge in [-0.2, -0.15) is 0 Å². The van der Waals surface area contributed by atoms with E-state index in [1.165, 1.54) is 0 Å². The molecule has 0 unspecified atom stereocenters. The highest BCUT2D eigenvalue weighted by molar-refractivity contribution is 6.34. The summed E-state index contributed by atoms with van der Waals surface area (Å²) in [4.78, 5) is 10.4. The Kier molecular flexibility index (Phi) is 1.79. The predicted octanol–water partition coefficient (Wildman–Crippen LogP) is 3.21. The average molecular weight is 218 g/mol. The molecule has 3 aromatic rings. The van der Waals surface area contributed by atoms with Gasteiger partial charge in [-0.3, -0.25) is 0 Å². The number of aromatic nitrogens is 3. The monoisotopic (exact) mass is 217 g/mol. The summed E-state index contributed by atoms with van der Waals surface area (Å²) in [7, 11) is 0. The third-order valence-corrected chi connectivity index (χ3v) is 2.73. The van der Waals surface area contributed by atoms with Gasteiger partial charge in [0.2, 0.25) is 0 Å². The first-order valence-electron chi connectivity index (χ1n) is 4.61. The van der Waals surface area contributed by atoms with E-state index in [0.29, 0.717) is 5.02 Å². The van der Waals surface area contributed by atoms with Gasteiger partial charge < -0.3 is 9.97 Å². The molecule has 0 aliphatic rings. The quantitative estimate of drug-likeness (QED) is 0.646. The zero-order valence-electron chi connectivity index (χ0n) is 7.79. The molecule has 0 atom stereocenters. The van der Waals surface area contributed by atoms with Crippen molar-refractivity contribution in [2.45, 2.75) is 0 Å². The second-order valence-corrected chi connectivity index (χ2v) is 3.71. The molecule has 0 saturated heterocycles. The van der Waals surface area contributed by atoms with Crippen LogP contribution >= 0.6 is 11.6 Å². The first-order chi connectivity index (χ1) is 7.36. The lowest BCUT2D eigenvalue weighted by atomic mass is 10.1. The van der Waals surface area contributed by atoms with Crippen molar-refractivity contribution in [3.8, 4) is 11.4 Å². The lowest BCUT2D eigenvalue weighted by Gasteiger charge is -2.02. The van der Waals surface area contributed by atoms with Crippen LogP contribution in [0.1, 0.15) is 0 Å². The van der Waals surface area contributed by atoms with Gasteiger partial charge in [0.25, 0.3) is 0 Å². The largest absolute Gasteiger partial charge is 0.361 e. The van der Waals surface area contributed by atoms with Gasteiger partial charge in [-0.25, -0.2) is 4.98 Å². The molecule has 0 bridgehead atoms. The van der Waals surface area contributed by atoms with E-state index in [4.69, 9.17) is 11.6 Å². The highest BCUT2D eigenvalue weighted by Crippen LogP contribution is 2.32. The van der Waals surface area contributed by atoms with Gasteiger partial charge in [0.05, 0.1) is 5.02 Å². The van der Waals surface area contributed by atoms with Crippen LogP contribution in [0.5, 0.6) is 0 Å².